The molecular formula is C20H27N5O5. The second-order valence-corrected chi connectivity index (χ2v) is 7.50. The van der Waals surface area contributed by atoms with Gasteiger partial charge in [0.2, 0.25) is 5.95 Å². The van der Waals surface area contributed by atoms with Crippen molar-refractivity contribution < 1.29 is 19.1 Å². The summed E-state index contributed by atoms with van der Waals surface area (Å²) in [5, 5.41) is 0. The van der Waals surface area contributed by atoms with E-state index in [-0.39, 0.29) is 36.0 Å². The molecule has 0 amide bonds. The number of imidazole rings is 1. The molecule has 10 heteroatoms. The molecule has 1 aliphatic rings. The van der Waals surface area contributed by atoms with Crippen molar-refractivity contribution in [2.24, 2.45) is 5.92 Å². The standard InChI is InChI=1S/C20H27N5O5/c1-4-5-6-7-16(27)30-15-8-14(11(2)13(15)9-29-12(3)26)25-10-22-17-18(25)23-20(21)24-19(17)28/h10,13-15H,2,4-9H2,1,3H3,(H3,21,23,24,28). The lowest BCUT2D eigenvalue weighted by Crippen LogP contribution is -2.27. The summed E-state index contributed by atoms with van der Waals surface area (Å²) in [5.41, 5.74) is 6.45. The highest BCUT2D eigenvalue weighted by molar-refractivity contribution is 5.71. The first-order chi connectivity index (χ1) is 14.3. The fraction of sp³-hybridized carbons (Fsp3) is 0.550. The van der Waals surface area contributed by atoms with Crippen LogP contribution in [0.4, 0.5) is 5.95 Å². The molecule has 162 valence electrons. The van der Waals surface area contributed by atoms with Gasteiger partial charge in [0, 0.05) is 19.8 Å². The molecular weight excluding hydrogens is 390 g/mol. The van der Waals surface area contributed by atoms with E-state index in [1.807, 2.05) is 0 Å². The third-order valence-electron chi connectivity index (χ3n) is 5.33. The van der Waals surface area contributed by atoms with E-state index in [1.165, 1.54) is 13.3 Å². The number of nitrogens with zero attached hydrogens (tertiary/aromatic N) is 3. The molecule has 0 aliphatic heterocycles. The van der Waals surface area contributed by atoms with Gasteiger partial charge < -0.3 is 19.8 Å². The van der Waals surface area contributed by atoms with Crippen molar-refractivity contribution in [3.8, 4) is 0 Å². The van der Waals surface area contributed by atoms with E-state index in [0.29, 0.717) is 24.1 Å². The van der Waals surface area contributed by atoms with Gasteiger partial charge in [-0.2, -0.15) is 4.98 Å². The van der Waals surface area contributed by atoms with E-state index in [4.69, 9.17) is 15.2 Å². The Balaban J connectivity index is 1.86. The molecule has 2 heterocycles. The monoisotopic (exact) mass is 417 g/mol. The summed E-state index contributed by atoms with van der Waals surface area (Å²) >= 11 is 0. The number of unbranched alkanes of at least 4 members (excludes halogenated alkanes) is 2. The number of nitrogen functional groups attached to an aromatic ring is 1. The van der Waals surface area contributed by atoms with Gasteiger partial charge in [0.05, 0.1) is 18.3 Å². The first kappa shape index (κ1) is 21.5. The van der Waals surface area contributed by atoms with Gasteiger partial charge >= 0.3 is 11.9 Å². The summed E-state index contributed by atoms with van der Waals surface area (Å²) in [6.07, 6.45) is 4.46. The molecule has 2 aromatic heterocycles. The zero-order valence-electron chi connectivity index (χ0n) is 17.2. The predicted molar refractivity (Wildman–Crippen MR) is 110 cm³/mol. The minimum Gasteiger partial charge on any atom is -0.465 e. The molecule has 2 aromatic rings. The minimum absolute atomic E-state index is 0.0202. The number of nitrogens with one attached hydrogen (secondary N) is 1. The Morgan fingerprint density at radius 2 is 2.17 bits per heavy atom. The highest BCUT2D eigenvalue weighted by Gasteiger charge is 2.42. The molecule has 3 unspecified atom stereocenters. The quantitative estimate of drug-likeness (QED) is 0.376. The van der Waals surface area contributed by atoms with Crippen molar-refractivity contribution in [1.82, 2.24) is 19.5 Å². The summed E-state index contributed by atoms with van der Waals surface area (Å²) in [7, 11) is 0. The Bertz CT molecular complexity index is 1010. The summed E-state index contributed by atoms with van der Waals surface area (Å²) in [5.74, 6) is -1.10. The molecule has 0 bridgehead atoms. The van der Waals surface area contributed by atoms with Crippen molar-refractivity contribution in [3.05, 3.63) is 28.8 Å². The van der Waals surface area contributed by atoms with Gasteiger partial charge in [-0.05, 0) is 12.0 Å². The van der Waals surface area contributed by atoms with Crippen LogP contribution in [0.5, 0.6) is 0 Å². The fourth-order valence-electron chi connectivity index (χ4n) is 3.78. The van der Waals surface area contributed by atoms with Crippen LogP contribution in [0, 0.1) is 5.92 Å². The molecule has 0 saturated heterocycles. The van der Waals surface area contributed by atoms with Crippen LogP contribution in [0.15, 0.2) is 23.3 Å². The first-order valence-corrected chi connectivity index (χ1v) is 10.1. The number of hydrogen-bond donors (Lipinski definition) is 2. The molecule has 3 rings (SSSR count). The number of fused-ring (bicyclic) bond motifs is 1. The van der Waals surface area contributed by atoms with Gasteiger partial charge in [0.15, 0.2) is 11.2 Å². The minimum atomic E-state index is -0.507. The summed E-state index contributed by atoms with van der Waals surface area (Å²) in [4.78, 5) is 46.5. The highest BCUT2D eigenvalue weighted by atomic mass is 16.6. The SMILES string of the molecule is C=C1C(COC(C)=O)C(OC(=O)CCCCC)CC1n1cnc2c(=O)[nH]c(N)nc21. The van der Waals surface area contributed by atoms with Crippen molar-refractivity contribution in [2.75, 3.05) is 12.3 Å². The van der Waals surface area contributed by atoms with Crippen molar-refractivity contribution in [2.45, 2.75) is 58.1 Å². The van der Waals surface area contributed by atoms with Gasteiger partial charge in [-0.25, -0.2) is 4.98 Å². The van der Waals surface area contributed by atoms with Crippen molar-refractivity contribution in [1.29, 1.82) is 0 Å². The number of aromatic nitrogens is 4. The molecule has 0 spiro atoms. The van der Waals surface area contributed by atoms with Crippen molar-refractivity contribution >= 4 is 29.1 Å². The molecule has 10 nitrogen and oxygen atoms in total. The average molecular weight is 417 g/mol. The number of rotatable bonds is 8. The van der Waals surface area contributed by atoms with Crippen LogP contribution in [0.3, 0.4) is 0 Å². The maximum Gasteiger partial charge on any atom is 0.306 e. The number of carbonyl (C=O) groups is 2. The Hall–Kier alpha value is -3.17. The van der Waals surface area contributed by atoms with Crippen LogP contribution in [0.25, 0.3) is 11.2 Å². The van der Waals surface area contributed by atoms with Gasteiger partial charge in [-0.3, -0.25) is 19.4 Å². The molecule has 1 saturated carbocycles. The van der Waals surface area contributed by atoms with E-state index in [9.17, 15) is 14.4 Å². The van der Waals surface area contributed by atoms with Gasteiger partial charge in [-0.1, -0.05) is 26.3 Å². The van der Waals surface area contributed by atoms with Crippen LogP contribution < -0.4 is 11.3 Å². The number of anilines is 1. The summed E-state index contributed by atoms with van der Waals surface area (Å²) < 4.78 is 12.6. The van der Waals surface area contributed by atoms with Crippen LogP contribution in [-0.2, 0) is 19.1 Å². The van der Waals surface area contributed by atoms with E-state index in [2.05, 4.69) is 28.5 Å². The summed E-state index contributed by atoms with van der Waals surface area (Å²) in [6, 6.07) is -0.335. The maximum atomic E-state index is 12.3. The van der Waals surface area contributed by atoms with Crippen LogP contribution >= 0.6 is 0 Å². The van der Waals surface area contributed by atoms with Gasteiger partial charge in [0.1, 0.15) is 12.7 Å². The zero-order valence-corrected chi connectivity index (χ0v) is 17.2. The van der Waals surface area contributed by atoms with Gasteiger partial charge in [-0.15, -0.1) is 0 Å². The fourth-order valence-corrected chi connectivity index (χ4v) is 3.78. The van der Waals surface area contributed by atoms with E-state index in [1.54, 1.807) is 4.57 Å². The Morgan fingerprint density at radius 3 is 2.87 bits per heavy atom. The zero-order chi connectivity index (χ0) is 21.8. The number of ether oxygens (including phenoxy) is 2. The second kappa shape index (κ2) is 9.10. The number of nitrogens with two attached hydrogens (primary N) is 1. The number of carbonyl (C=O) groups excluding carboxylic acids is 2. The first-order valence-electron chi connectivity index (χ1n) is 10.1. The topological polar surface area (TPSA) is 142 Å². The van der Waals surface area contributed by atoms with Crippen LogP contribution in [0.2, 0.25) is 0 Å². The van der Waals surface area contributed by atoms with E-state index < -0.39 is 17.6 Å². The highest BCUT2D eigenvalue weighted by Crippen LogP contribution is 2.42. The lowest BCUT2D eigenvalue weighted by atomic mass is 10.0. The summed E-state index contributed by atoms with van der Waals surface area (Å²) in [6.45, 7) is 7.60. The van der Waals surface area contributed by atoms with Crippen LogP contribution in [-0.4, -0.2) is 44.2 Å². The second-order valence-electron chi connectivity index (χ2n) is 7.50. The van der Waals surface area contributed by atoms with Crippen LogP contribution in [0.1, 0.15) is 52.0 Å². The lowest BCUT2D eigenvalue weighted by molar-refractivity contribution is -0.152. The average Bonchev–Trinajstić information content (AvgIpc) is 3.21. The Labute approximate surface area is 173 Å². The molecule has 0 radical (unpaired) electrons. The molecule has 0 aromatic carbocycles. The van der Waals surface area contributed by atoms with Gasteiger partial charge in [0.25, 0.3) is 5.56 Å². The Morgan fingerprint density at radius 1 is 1.40 bits per heavy atom. The number of aromatic amines is 1. The smallest absolute Gasteiger partial charge is 0.306 e. The molecule has 1 fully saturated rings. The molecule has 3 atom stereocenters. The number of hydrogen-bond acceptors (Lipinski definition) is 8. The third-order valence-corrected chi connectivity index (χ3v) is 5.33. The molecule has 3 N–H and O–H groups in total. The van der Waals surface area contributed by atoms with Crippen molar-refractivity contribution in [3.63, 3.8) is 0 Å². The van der Waals surface area contributed by atoms with E-state index >= 15 is 0 Å². The normalized spacial score (nSPS) is 21.1. The largest absolute Gasteiger partial charge is 0.465 e. The molecule has 30 heavy (non-hydrogen) atoms. The maximum absolute atomic E-state index is 12.3. The Kier molecular flexibility index (Phi) is 6.53. The third kappa shape index (κ3) is 4.52. The number of esters is 2. The predicted octanol–water partition coefficient (Wildman–Crippen LogP) is 1.87. The van der Waals surface area contributed by atoms with E-state index in [0.717, 1.165) is 19.3 Å². The lowest BCUT2D eigenvalue weighted by Gasteiger charge is -2.20. The molecule has 1 aliphatic carbocycles. The number of H-pyrrole nitrogens is 1.